The van der Waals surface area contributed by atoms with Crippen LogP contribution in [-0.2, 0) is 28.5 Å². The minimum atomic E-state index is -0.785. The molecule has 2 aliphatic rings. The lowest BCUT2D eigenvalue weighted by Crippen LogP contribution is -2.33. The van der Waals surface area contributed by atoms with E-state index in [1.807, 2.05) is 13.8 Å². The van der Waals surface area contributed by atoms with Crippen molar-refractivity contribution in [2.45, 2.75) is 58.4 Å². The second-order valence-corrected chi connectivity index (χ2v) is 5.54. The first kappa shape index (κ1) is 14.3. The summed E-state index contributed by atoms with van der Waals surface area (Å²) in [5, 5.41) is 0. The van der Waals surface area contributed by atoms with Gasteiger partial charge in [-0.05, 0) is 13.8 Å². The van der Waals surface area contributed by atoms with Crippen LogP contribution in [0.2, 0.25) is 0 Å². The first-order chi connectivity index (χ1) is 8.69. The van der Waals surface area contributed by atoms with E-state index in [1.54, 1.807) is 13.8 Å². The van der Waals surface area contributed by atoms with Crippen molar-refractivity contribution in [3.05, 3.63) is 12.0 Å². The summed E-state index contributed by atoms with van der Waals surface area (Å²) >= 11 is 0. The fourth-order valence-corrected chi connectivity index (χ4v) is 2.09. The van der Waals surface area contributed by atoms with Gasteiger partial charge in [-0.1, -0.05) is 0 Å². The fourth-order valence-electron chi connectivity index (χ4n) is 2.09. The summed E-state index contributed by atoms with van der Waals surface area (Å²) in [5.41, 5.74) is 0. The number of esters is 1. The van der Waals surface area contributed by atoms with Gasteiger partial charge >= 0.3 is 5.97 Å². The number of hydrogen-bond acceptors (Lipinski definition) is 6. The second-order valence-electron chi connectivity index (χ2n) is 5.54. The van der Waals surface area contributed by atoms with Gasteiger partial charge in [0.15, 0.2) is 17.7 Å². The van der Waals surface area contributed by atoms with Crippen LogP contribution < -0.4 is 0 Å². The molecule has 2 aliphatic heterocycles. The normalized spacial score (nSPS) is 34.3. The second kappa shape index (κ2) is 4.77. The molecule has 6 nitrogen and oxygen atoms in total. The molecule has 0 N–H and O–H groups in total. The van der Waals surface area contributed by atoms with E-state index in [2.05, 4.69) is 0 Å². The quantitative estimate of drug-likeness (QED) is 0.563. The third-order valence-corrected chi connectivity index (χ3v) is 2.76. The fraction of sp³-hybridized carbons (Fsp3) is 0.769. The summed E-state index contributed by atoms with van der Waals surface area (Å²) in [6.07, 6.45) is 0.533. The Hall–Kier alpha value is -1.11. The van der Waals surface area contributed by atoms with Gasteiger partial charge in [-0.2, -0.15) is 0 Å². The van der Waals surface area contributed by atoms with Gasteiger partial charge in [-0.3, -0.25) is 4.79 Å². The molecular weight excluding hydrogens is 252 g/mol. The van der Waals surface area contributed by atoms with Gasteiger partial charge in [-0.15, -0.1) is 0 Å². The Kier molecular flexibility index (Phi) is 3.59. The van der Waals surface area contributed by atoms with Crippen LogP contribution in [0.25, 0.3) is 0 Å². The lowest BCUT2D eigenvalue weighted by atomic mass is 10.2. The van der Waals surface area contributed by atoms with E-state index < -0.39 is 23.6 Å². The molecular formula is C13H20O6. The van der Waals surface area contributed by atoms with Crippen molar-refractivity contribution in [1.29, 1.82) is 0 Å². The Bertz CT molecular complexity index is 398. The highest BCUT2D eigenvalue weighted by atomic mass is 16.8. The molecule has 2 fully saturated rings. The Morgan fingerprint density at radius 1 is 1.26 bits per heavy atom. The van der Waals surface area contributed by atoms with Crippen molar-refractivity contribution in [3.8, 4) is 0 Å². The lowest BCUT2D eigenvalue weighted by Gasteiger charge is -2.20. The maximum Gasteiger partial charge on any atom is 0.307 e. The largest absolute Gasteiger partial charge is 0.461 e. The summed E-state index contributed by atoms with van der Waals surface area (Å²) in [5.74, 6) is -1.41. The third kappa shape index (κ3) is 3.46. The summed E-state index contributed by atoms with van der Waals surface area (Å²) in [6, 6.07) is 0. The minimum Gasteiger partial charge on any atom is -0.461 e. The van der Waals surface area contributed by atoms with Gasteiger partial charge in [0.1, 0.15) is 12.4 Å². The van der Waals surface area contributed by atoms with Crippen LogP contribution in [0.5, 0.6) is 0 Å². The Morgan fingerprint density at radius 2 is 1.95 bits per heavy atom. The Morgan fingerprint density at radius 3 is 2.47 bits per heavy atom. The van der Waals surface area contributed by atoms with Crippen LogP contribution in [0.3, 0.4) is 0 Å². The molecule has 0 spiro atoms. The third-order valence-electron chi connectivity index (χ3n) is 2.76. The van der Waals surface area contributed by atoms with Gasteiger partial charge in [0.05, 0.1) is 6.61 Å². The van der Waals surface area contributed by atoms with Crippen molar-refractivity contribution in [2.24, 2.45) is 0 Å². The Labute approximate surface area is 112 Å². The average molecular weight is 272 g/mol. The highest BCUT2D eigenvalue weighted by molar-refractivity contribution is 5.66. The predicted molar refractivity (Wildman–Crippen MR) is 64.8 cm³/mol. The minimum absolute atomic E-state index is 0.293. The first-order valence-electron chi connectivity index (χ1n) is 6.24. The molecule has 0 radical (unpaired) electrons. The van der Waals surface area contributed by atoms with Crippen LogP contribution in [0, 0.1) is 0 Å². The van der Waals surface area contributed by atoms with Crippen LogP contribution in [-0.4, -0.2) is 36.4 Å². The van der Waals surface area contributed by atoms with Crippen molar-refractivity contribution in [3.63, 3.8) is 0 Å². The number of carbonyl (C=O) groups excluding carboxylic acids is 1. The molecule has 6 heteroatoms. The predicted octanol–water partition coefficient (Wildman–Crippen LogP) is 1.69. The van der Waals surface area contributed by atoms with Crippen LogP contribution in [0.1, 0.15) is 34.6 Å². The molecule has 0 saturated carbocycles. The standard InChI is InChI=1S/C13H20O6/c1-8(14)15-6-9-11(19-13(4,5)18-9)10-7-16-12(2,3)17-10/h6,10-11H,7H2,1-5H3/b9-6+/t10-,11-/m1/s1. The maximum atomic E-state index is 10.9. The van der Waals surface area contributed by atoms with E-state index in [9.17, 15) is 4.79 Å². The Balaban J connectivity index is 2.12. The molecule has 2 saturated heterocycles. The van der Waals surface area contributed by atoms with Crippen LogP contribution in [0.15, 0.2) is 12.0 Å². The molecule has 0 amide bonds. The van der Waals surface area contributed by atoms with Gasteiger partial charge in [-0.25, -0.2) is 0 Å². The molecule has 0 aromatic heterocycles. The van der Waals surface area contributed by atoms with E-state index in [0.29, 0.717) is 12.4 Å². The SMILES string of the molecule is CC(=O)O/C=C1/OC(C)(C)O[C@H]1[C@H]1COC(C)(C)O1. The topological polar surface area (TPSA) is 63.2 Å². The number of ether oxygens (including phenoxy) is 5. The zero-order valence-corrected chi connectivity index (χ0v) is 11.9. The van der Waals surface area contributed by atoms with Crippen molar-refractivity contribution >= 4 is 5.97 Å². The van der Waals surface area contributed by atoms with Crippen LogP contribution >= 0.6 is 0 Å². The molecule has 0 bridgehead atoms. The highest BCUT2D eigenvalue weighted by Gasteiger charge is 2.48. The average Bonchev–Trinajstić information content (AvgIpc) is 2.75. The number of hydrogen-bond donors (Lipinski definition) is 0. The van der Waals surface area contributed by atoms with Gasteiger partial charge in [0.25, 0.3) is 0 Å². The maximum absolute atomic E-state index is 10.9. The molecule has 0 unspecified atom stereocenters. The number of carbonyl (C=O) groups is 1. The van der Waals surface area contributed by atoms with Crippen molar-refractivity contribution in [2.75, 3.05) is 6.61 Å². The zero-order chi connectivity index (χ0) is 14.3. The summed E-state index contributed by atoms with van der Waals surface area (Å²) in [4.78, 5) is 10.9. The summed E-state index contributed by atoms with van der Waals surface area (Å²) in [7, 11) is 0. The van der Waals surface area contributed by atoms with E-state index in [4.69, 9.17) is 23.7 Å². The summed E-state index contributed by atoms with van der Waals surface area (Å²) < 4.78 is 27.5. The van der Waals surface area contributed by atoms with Crippen molar-refractivity contribution < 1.29 is 28.5 Å². The molecule has 2 atom stereocenters. The first-order valence-corrected chi connectivity index (χ1v) is 6.24. The van der Waals surface area contributed by atoms with Crippen molar-refractivity contribution in [1.82, 2.24) is 0 Å². The molecule has 0 aromatic carbocycles. The molecule has 108 valence electrons. The molecule has 2 rings (SSSR count). The smallest absolute Gasteiger partial charge is 0.307 e. The number of rotatable bonds is 2. The molecule has 0 aliphatic carbocycles. The van der Waals surface area contributed by atoms with Gasteiger partial charge in [0.2, 0.25) is 5.79 Å². The van der Waals surface area contributed by atoms with Gasteiger partial charge in [0, 0.05) is 20.8 Å². The summed E-state index contributed by atoms with van der Waals surface area (Å²) in [6.45, 7) is 8.97. The monoisotopic (exact) mass is 272 g/mol. The van der Waals surface area contributed by atoms with E-state index >= 15 is 0 Å². The molecule has 0 aromatic rings. The molecule has 2 heterocycles. The zero-order valence-electron chi connectivity index (χ0n) is 11.9. The van der Waals surface area contributed by atoms with Crippen LogP contribution in [0.4, 0.5) is 0 Å². The molecule has 19 heavy (non-hydrogen) atoms. The van der Waals surface area contributed by atoms with Gasteiger partial charge < -0.3 is 23.7 Å². The highest BCUT2D eigenvalue weighted by Crippen LogP contribution is 2.37. The van der Waals surface area contributed by atoms with E-state index in [0.717, 1.165) is 0 Å². The lowest BCUT2D eigenvalue weighted by molar-refractivity contribution is -0.174. The van der Waals surface area contributed by atoms with E-state index in [1.165, 1.54) is 13.2 Å². The van der Waals surface area contributed by atoms with E-state index in [-0.39, 0.29) is 6.10 Å².